The number of para-hydroxylation sites is 2. The average Bonchev–Trinajstić information content (AvgIpc) is 2.66. The van der Waals surface area contributed by atoms with E-state index in [-0.39, 0.29) is 30.0 Å². The molecule has 174 valence electrons. The van der Waals surface area contributed by atoms with Crippen LogP contribution in [0.2, 0.25) is 0 Å². The smallest absolute Gasteiger partial charge is 0.305 e. The maximum Gasteiger partial charge on any atom is 0.305 e. The fourth-order valence-corrected chi connectivity index (χ4v) is 2.65. The van der Waals surface area contributed by atoms with Gasteiger partial charge in [-0.25, -0.2) is 0 Å². The predicted octanol–water partition coefficient (Wildman–Crippen LogP) is 5.70. The Morgan fingerprint density at radius 3 is 1.45 bits per heavy atom. The second kappa shape index (κ2) is 13.7. The Morgan fingerprint density at radius 1 is 0.806 bits per heavy atom. The summed E-state index contributed by atoms with van der Waals surface area (Å²) in [6, 6.07) is 14.9. The Balaban J connectivity index is 0.000000439. The molecule has 0 heterocycles. The Kier molecular flexibility index (Phi) is 12.6. The van der Waals surface area contributed by atoms with Crippen LogP contribution in [0.1, 0.15) is 72.4 Å². The van der Waals surface area contributed by atoms with Crippen molar-refractivity contribution in [2.45, 2.75) is 72.1 Å². The number of rotatable bonds is 4. The van der Waals surface area contributed by atoms with Crippen LogP contribution in [0, 0.1) is 0 Å². The van der Waals surface area contributed by atoms with Crippen molar-refractivity contribution in [1.82, 2.24) is 0 Å². The number of aliphatic hydroxyl groups excluding tert-OH is 1. The summed E-state index contributed by atoms with van der Waals surface area (Å²) in [7, 11) is 0. The van der Waals surface area contributed by atoms with Crippen LogP contribution in [0.4, 0.5) is 0 Å². The van der Waals surface area contributed by atoms with Gasteiger partial charge in [-0.2, -0.15) is 0 Å². The highest BCUT2D eigenvalue weighted by atomic mass is 16.5. The number of phenolic OH excluding ortho intramolecular Hbond substituents is 2. The molecule has 2 rings (SSSR count). The molecule has 2 aromatic rings. The number of hydrogen-bond acceptors (Lipinski definition) is 5. The fraction of sp³-hybridized carbons (Fsp3) is 0.500. The van der Waals surface area contributed by atoms with Crippen LogP contribution in [-0.2, 0) is 20.4 Å². The topological polar surface area (TPSA) is 87.0 Å². The van der Waals surface area contributed by atoms with E-state index in [2.05, 4.69) is 46.3 Å². The minimum absolute atomic E-state index is 0.0331. The molecule has 0 aliphatic rings. The summed E-state index contributed by atoms with van der Waals surface area (Å²) in [4.78, 5) is 10.5. The molecule has 0 amide bonds. The second-order valence-corrected chi connectivity index (χ2v) is 9.23. The summed E-state index contributed by atoms with van der Waals surface area (Å²) in [5.41, 5.74) is 2.07. The minimum atomic E-state index is -0.230. The molecule has 0 unspecified atom stereocenters. The quantitative estimate of drug-likeness (QED) is 0.539. The van der Waals surface area contributed by atoms with Crippen molar-refractivity contribution < 1.29 is 24.9 Å². The zero-order valence-corrected chi connectivity index (χ0v) is 20.1. The van der Waals surface area contributed by atoms with Crippen LogP contribution in [0.25, 0.3) is 0 Å². The molecule has 0 radical (unpaired) electrons. The van der Waals surface area contributed by atoms with E-state index in [0.29, 0.717) is 17.9 Å². The van der Waals surface area contributed by atoms with E-state index in [4.69, 9.17) is 5.11 Å². The highest BCUT2D eigenvalue weighted by Crippen LogP contribution is 2.30. The van der Waals surface area contributed by atoms with E-state index in [9.17, 15) is 15.0 Å². The zero-order chi connectivity index (χ0) is 24.1. The van der Waals surface area contributed by atoms with Gasteiger partial charge in [0.25, 0.3) is 0 Å². The maximum atomic E-state index is 10.5. The summed E-state index contributed by atoms with van der Waals surface area (Å²) < 4.78 is 4.54. The third-order valence-electron chi connectivity index (χ3n) is 4.23. The van der Waals surface area contributed by atoms with Gasteiger partial charge in [0.1, 0.15) is 18.1 Å². The largest absolute Gasteiger partial charge is 0.508 e. The molecule has 2 aromatic carbocycles. The van der Waals surface area contributed by atoms with E-state index in [1.165, 1.54) is 0 Å². The SMILES string of the molecule is CC(C)(C)c1ccccc1O.CC(C)(C)c1ccccc1O.CCCC(=O)OCCO. The van der Waals surface area contributed by atoms with Gasteiger partial charge in [0.05, 0.1) is 6.61 Å². The molecule has 0 bridgehead atoms. The van der Waals surface area contributed by atoms with E-state index >= 15 is 0 Å². The molecule has 0 aliphatic carbocycles. The van der Waals surface area contributed by atoms with E-state index in [1.807, 2.05) is 43.3 Å². The number of ether oxygens (including phenoxy) is 1. The molecule has 0 aliphatic heterocycles. The Hall–Kier alpha value is -2.53. The van der Waals surface area contributed by atoms with Crippen LogP contribution < -0.4 is 0 Å². The lowest BCUT2D eigenvalue weighted by molar-refractivity contribution is -0.144. The molecule has 31 heavy (non-hydrogen) atoms. The maximum absolute atomic E-state index is 10.5. The standard InChI is InChI=1S/2C10H14O.C6H12O3/c2*1-10(2,3)8-6-4-5-7-9(8)11;1-2-3-6(8)9-5-4-7/h2*4-7,11H,1-3H3;7H,2-5H2,1H3. The molecule has 0 fully saturated rings. The van der Waals surface area contributed by atoms with Gasteiger partial charge in [-0.05, 0) is 40.5 Å². The summed E-state index contributed by atoms with van der Waals surface area (Å²) in [5, 5.41) is 27.1. The van der Waals surface area contributed by atoms with E-state index in [0.717, 1.165) is 17.5 Å². The van der Waals surface area contributed by atoms with Crippen LogP contribution in [0.5, 0.6) is 11.5 Å². The number of phenols is 2. The zero-order valence-electron chi connectivity index (χ0n) is 20.1. The monoisotopic (exact) mass is 432 g/mol. The molecule has 0 spiro atoms. The Morgan fingerprint density at radius 2 is 1.19 bits per heavy atom. The number of hydrogen-bond donors (Lipinski definition) is 3. The Bertz CT molecular complexity index is 714. The number of esters is 1. The van der Waals surface area contributed by atoms with Crippen molar-refractivity contribution >= 4 is 5.97 Å². The van der Waals surface area contributed by atoms with Crippen molar-refractivity contribution in [2.75, 3.05) is 13.2 Å². The summed E-state index contributed by atoms with van der Waals surface area (Å²) in [5.74, 6) is 0.548. The normalized spacial score (nSPS) is 10.8. The number of aromatic hydroxyl groups is 2. The highest BCUT2D eigenvalue weighted by molar-refractivity contribution is 5.69. The first kappa shape index (κ1) is 28.5. The summed E-state index contributed by atoms with van der Waals surface area (Å²) >= 11 is 0. The molecule has 0 aromatic heterocycles. The van der Waals surface area contributed by atoms with Crippen molar-refractivity contribution in [1.29, 1.82) is 0 Å². The van der Waals surface area contributed by atoms with Crippen molar-refractivity contribution in [2.24, 2.45) is 0 Å². The van der Waals surface area contributed by atoms with Crippen LogP contribution in [0.15, 0.2) is 48.5 Å². The molecule has 0 atom stereocenters. The summed E-state index contributed by atoms with van der Waals surface area (Å²) in [6.07, 6.45) is 1.24. The number of carbonyl (C=O) groups is 1. The van der Waals surface area contributed by atoms with Gasteiger partial charge in [-0.1, -0.05) is 84.9 Å². The first-order chi connectivity index (χ1) is 14.3. The minimum Gasteiger partial charge on any atom is -0.508 e. The Labute approximate surface area is 187 Å². The average molecular weight is 433 g/mol. The highest BCUT2D eigenvalue weighted by Gasteiger charge is 2.17. The van der Waals surface area contributed by atoms with Crippen LogP contribution >= 0.6 is 0 Å². The van der Waals surface area contributed by atoms with Crippen molar-refractivity contribution in [3.05, 3.63) is 59.7 Å². The molecule has 5 nitrogen and oxygen atoms in total. The lowest BCUT2D eigenvalue weighted by atomic mass is 9.86. The number of carbonyl (C=O) groups excluding carboxylic acids is 1. The van der Waals surface area contributed by atoms with Crippen molar-refractivity contribution in [3.8, 4) is 11.5 Å². The molecule has 5 heteroatoms. The van der Waals surface area contributed by atoms with Gasteiger partial charge in [0, 0.05) is 6.42 Å². The first-order valence-corrected chi connectivity index (χ1v) is 10.7. The number of aliphatic hydroxyl groups is 1. The predicted molar refractivity (Wildman–Crippen MR) is 127 cm³/mol. The van der Waals surface area contributed by atoms with Crippen molar-refractivity contribution in [3.63, 3.8) is 0 Å². The van der Waals surface area contributed by atoms with Crippen LogP contribution in [-0.4, -0.2) is 34.5 Å². The van der Waals surface area contributed by atoms with Gasteiger partial charge in [0.2, 0.25) is 0 Å². The molecular formula is C26H40O5. The van der Waals surface area contributed by atoms with E-state index in [1.54, 1.807) is 12.1 Å². The molecule has 3 N–H and O–H groups in total. The second-order valence-electron chi connectivity index (χ2n) is 9.23. The molecule has 0 saturated carbocycles. The fourth-order valence-electron chi connectivity index (χ4n) is 2.65. The van der Waals surface area contributed by atoms with E-state index < -0.39 is 0 Å². The molecule has 0 saturated heterocycles. The van der Waals surface area contributed by atoms with Gasteiger partial charge in [-0.15, -0.1) is 0 Å². The van der Waals surface area contributed by atoms with Gasteiger partial charge >= 0.3 is 5.97 Å². The van der Waals surface area contributed by atoms with Gasteiger partial charge < -0.3 is 20.1 Å². The molecular weight excluding hydrogens is 392 g/mol. The summed E-state index contributed by atoms with van der Waals surface area (Å²) in [6.45, 7) is 14.5. The van der Waals surface area contributed by atoms with Crippen LogP contribution in [0.3, 0.4) is 0 Å². The van der Waals surface area contributed by atoms with Gasteiger partial charge in [-0.3, -0.25) is 4.79 Å². The third-order valence-corrected chi connectivity index (χ3v) is 4.23. The lowest BCUT2D eigenvalue weighted by Gasteiger charge is -2.19. The van der Waals surface area contributed by atoms with Gasteiger partial charge in [0.15, 0.2) is 0 Å². The third kappa shape index (κ3) is 12.0. The number of benzene rings is 2. The lowest BCUT2D eigenvalue weighted by Crippen LogP contribution is -2.10. The first-order valence-electron chi connectivity index (χ1n) is 10.7.